The van der Waals surface area contributed by atoms with Gasteiger partial charge >= 0.3 is 5.97 Å². The molecule has 0 aromatic carbocycles. The molecule has 2 aliphatic rings. The van der Waals surface area contributed by atoms with E-state index in [0.29, 0.717) is 17.9 Å². The Morgan fingerprint density at radius 1 is 1.33 bits per heavy atom. The lowest BCUT2D eigenvalue weighted by atomic mass is 10.0. The summed E-state index contributed by atoms with van der Waals surface area (Å²) in [6.07, 6.45) is 3.65. The molecule has 0 spiro atoms. The van der Waals surface area contributed by atoms with Crippen LogP contribution in [0.1, 0.15) is 12.6 Å². The first-order valence-corrected chi connectivity index (χ1v) is 15.7. The van der Waals surface area contributed by atoms with Crippen molar-refractivity contribution in [3.8, 4) is 0 Å². The van der Waals surface area contributed by atoms with Crippen molar-refractivity contribution in [1.29, 1.82) is 0 Å². The number of hydrogen-bond acceptors (Lipinski definition) is 14. The van der Waals surface area contributed by atoms with Crippen LogP contribution < -0.4 is 26.0 Å². The molecule has 1 saturated heterocycles. The van der Waals surface area contributed by atoms with Crippen LogP contribution in [0.15, 0.2) is 53.2 Å². The van der Waals surface area contributed by atoms with Crippen LogP contribution in [0.25, 0.3) is 0 Å². The molecule has 0 radical (unpaired) electrons. The van der Waals surface area contributed by atoms with Gasteiger partial charge in [-0.1, -0.05) is 28.1 Å². The number of carbonyl (C=O) groups is 4. The van der Waals surface area contributed by atoms with Gasteiger partial charge in [0.2, 0.25) is 6.10 Å². The molecule has 46 heavy (non-hydrogen) atoms. The molecule has 17 nitrogen and oxygen atoms in total. The van der Waals surface area contributed by atoms with Gasteiger partial charge < -0.3 is 41.3 Å². The fourth-order valence-electron chi connectivity index (χ4n) is 4.56. The number of hydrogen-bond donors (Lipinski definition) is 5. The standard InChI is InChI=1S/C26H26ClN9O8S2/c1-12(24(40)41)44-33-17(16-20(27)46-26(28)32-16)21(38)31-18-22(39)36-19(25(42)43)13(11-45-23(18)36)10-34-6-3-14(4-7-34)30-15-2-5-29-35(15)8-9-37/h2-7,12,18,23,37H,8-11H2,1H3,(H5,28,31,32,38,40,41,42,43)/b33-17-/t12-,18+,23?/m0/s1. The van der Waals surface area contributed by atoms with Gasteiger partial charge in [0.15, 0.2) is 29.8 Å². The number of oxime groups is 1. The van der Waals surface area contributed by atoms with Crippen LogP contribution in [0.2, 0.25) is 4.34 Å². The summed E-state index contributed by atoms with van der Waals surface area (Å²) in [5, 5.41) is 43.2. The second-order valence-electron chi connectivity index (χ2n) is 9.85. The maximum atomic E-state index is 13.3. The van der Waals surface area contributed by atoms with E-state index in [4.69, 9.17) is 27.3 Å². The van der Waals surface area contributed by atoms with Gasteiger partial charge in [-0.2, -0.15) is 5.10 Å². The third-order valence-electron chi connectivity index (χ3n) is 6.78. The minimum atomic E-state index is -1.54. The van der Waals surface area contributed by atoms with Crippen molar-refractivity contribution in [2.24, 2.45) is 5.16 Å². The minimum absolute atomic E-state index is 0.00561. The monoisotopic (exact) mass is 691 g/mol. The van der Waals surface area contributed by atoms with Crippen LogP contribution >= 0.6 is 34.7 Å². The van der Waals surface area contributed by atoms with Gasteiger partial charge in [-0.3, -0.25) is 14.5 Å². The average molecular weight is 692 g/mol. The number of pyridine rings is 1. The zero-order valence-electron chi connectivity index (χ0n) is 23.8. The Kier molecular flexibility index (Phi) is 9.75. The van der Waals surface area contributed by atoms with Gasteiger partial charge in [-0.05, 0) is 6.92 Å². The number of β-lactam (4-membered cyclic amide) rings is 1. The van der Waals surface area contributed by atoms with Crippen molar-refractivity contribution in [3.63, 3.8) is 0 Å². The quantitative estimate of drug-likeness (QED) is 0.0619. The number of nitrogen functional groups attached to an aromatic ring is 1. The third-order valence-corrected chi connectivity index (χ3v) is 9.21. The highest BCUT2D eigenvalue weighted by molar-refractivity contribution is 8.00. The average Bonchev–Trinajstić information content (AvgIpc) is 3.60. The van der Waals surface area contributed by atoms with Crippen molar-refractivity contribution in [2.75, 3.05) is 23.4 Å². The van der Waals surface area contributed by atoms with Crippen molar-refractivity contribution in [1.82, 2.24) is 25.0 Å². The third kappa shape index (κ3) is 6.76. The van der Waals surface area contributed by atoms with E-state index in [0.717, 1.165) is 21.9 Å². The molecular weight excluding hydrogens is 666 g/mol. The number of aliphatic carboxylic acids is 2. The highest BCUT2D eigenvalue weighted by Gasteiger charge is 2.53. The molecular formula is C26H26ClN9O8S2. The molecule has 2 aliphatic heterocycles. The number of nitrogens with two attached hydrogens (primary N) is 1. The van der Waals surface area contributed by atoms with E-state index in [9.17, 15) is 29.4 Å². The highest BCUT2D eigenvalue weighted by atomic mass is 35.5. The van der Waals surface area contributed by atoms with Crippen molar-refractivity contribution in [3.05, 3.63) is 58.1 Å². The number of carboxylic acids is 2. The van der Waals surface area contributed by atoms with Gasteiger partial charge in [-0.25, -0.2) is 19.0 Å². The number of carboxylic acid groups (broad SMARTS) is 2. The second-order valence-corrected chi connectivity index (χ2v) is 12.6. The summed E-state index contributed by atoms with van der Waals surface area (Å²) in [5.41, 5.74) is 5.87. The minimum Gasteiger partial charge on any atom is -0.543 e. The molecule has 0 saturated carbocycles. The lowest BCUT2D eigenvalue weighted by Crippen LogP contribution is -2.71. The van der Waals surface area contributed by atoms with Gasteiger partial charge in [0.05, 0.1) is 36.7 Å². The largest absolute Gasteiger partial charge is 0.543 e. The Bertz CT molecular complexity index is 1740. The SMILES string of the molecule is C[C@H](O/N=C(\C(=O)N[C@@H]1C(=O)N2C(C(=O)[O-])=C(C[n+]3ccc(Nc4ccnn4CCO)cc3)CSC12)c1nc(N)sc1Cl)C(=O)O. The van der Waals surface area contributed by atoms with E-state index in [1.54, 1.807) is 46.0 Å². The number of anilines is 3. The van der Waals surface area contributed by atoms with Crippen LogP contribution in [0.5, 0.6) is 0 Å². The molecule has 2 amide bonds. The summed E-state index contributed by atoms with van der Waals surface area (Å²) in [6.45, 7) is 1.59. The maximum Gasteiger partial charge on any atom is 0.347 e. The van der Waals surface area contributed by atoms with Crippen LogP contribution in [0, 0.1) is 0 Å². The van der Waals surface area contributed by atoms with E-state index in [2.05, 4.69) is 25.9 Å². The smallest absolute Gasteiger partial charge is 0.347 e. The van der Waals surface area contributed by atoms with Crippen molar-refractivity contribution in [2.45, 2.75) is 37.5 Å². The Morgan fingerprint density at radius 3 is 2.70 bits per heavy atom. The maximum absolute atomic E-state index is 13.3. The summed E-state index contributed by atoms with van der Waals surface area (Å²) in [6, 6.07) is 4.16. The Morgan fingerprint density at radius 2 is 2.07 bits per heavy atom. The Balaban J connectivity index is 1.30. The first-order valence-electron chi connectivity index (χ1n) is 13.4. The second kappa shape index (κ2) is 13.7. The molecule has 20 heteroatoms. The van der Waals surface area contributed by atoms with E-state index in [1.165, 1.54) is 18.7 Å². The Hall–Kier alpha value is -4.72. The van der Waals surface area contributed by atoms with Crippen molar-refractivity contribution < 1.29 is 43.9 Å². The molecule has 6 N–H and O–H groups in total. The number of aliphatic hydroxyl groups excluding tert-OH is 1. The van der Waals surface area contributed by atoms with E-state index in [-0.39, 0.29) is 39.8 Å². The molecule has 3 aromatic rings. The molecule has 3 atom stereocenters. The number of fused-ring (bicyclic) bond motifs is 1. The van der Waals surface area contributed by atoms with Crippen LogP contribution in [0.4, 0.5) is 16.6 Å². The first kappa shape index (κ1) is 32.7. The molecule has 0 bridgehead atoms. The number of thioether (sulfide) groups is 1. The number of nitrogens with one attached hydrogen (secondary N) is 2. The summed E-state index contributed by atoms with van der Waals surface area (Å²) in [7, 11) is 0. The van der Waals surface area contributed by atoms with Gasteiger partial charge in [-0.15, -0.1) is 11.8 Å². The predicted octanol–water partition coefficient (Wildman–Crippen LogP) is -1.10. The highest BCUT2D eigenvalue weighted by Crippen LogP contribution is 2.40. The zero-order valence-corrected chi connectivity index (χ0v) is 26.2. The number of thiazole rings is 1. The molecule has 0 aliphatic carbocycles. The first-order chi connectivity index (χ1) is 22.0. The number of aromatic nitrogens is 4. The van der Waals surface area contributed by atoms with Crippen LogP contribution in [0.3, 0.4) is 0 Å². The van der Waals surface area contributed by atoms with Crippen LogP contribution in [-0.2, 0) is 37.1 Å². The zero-order chi connectivity index (χ0) is 33.1. The lowest BCUT2D eigenvalue weighted by molar-refractivity contribution is -0.689. The normalized spacial score (nSPS) is 18.5. The van der Waals surface area contributed by atoms with Crippen LogP contribution in [-0.4, -0.2) is 89.2 Å². The molecule has 242 valence electrons. The number of nitrogens with zero attached hydrogens (tertiary/aromatic N) is 6. The van der Waals surface area contributed by atoms with Crippen molar-refractivity contribution >= 4 is 80.8 Å². The van der Waals surface area contributed by atoms with Gasteiger partial charge in [0.1, 0.15) is 27.3 Å². The summed E-state index contributed by atoms with van der Waals surface area (Å²) >= 11 is 8.24. The fourth-order valence-corrected chi connectivity index (χ4v) is 6.82. The number of amides is 2. The van der Waals surface area contributed by atoms with E-state index in [1.807, 2.05) is 0 Å². The summed E-state index contributed by atoms with van der Waals surface area (Å²) < 4.78 is 3.33. The fraction of sp³-hybridized carbons (Fsp3) is 0.308. The number of halogens is 1. The lowest BCUT2D eigenvalue weighted by Gasteiger charge is -2.50. The summed E-state index contributed by atoms with van der Waals surface area (Å²) in [5.74, 6) is -3.66. The number of aliphatic hydroxyl groups is 1. The Labute approximate surface area is 273 Å². The summed E-state index contributed by atoms with van der Waals surface area (Å²) in [4.78, 5) is 59.9. The molecule has 5 rings (SSSR count). The van der Waals surface area contributed by atoms with E-state index < -0.39 is 47.0 Å². The number of rotatable bonds is 13. The molecule has 5 heterocycles. The topological polar surface area (TPSA) is 241 Å². The molecule has 3 aromatic heterocycles. The molecule has 1 fully saturated rings. The van der Waals surface area contributed by atoms with E-state index >= 15 is 0 Å². The van der Waals surface area contributed by atoms with Gasteiger partial charge in [0.25, 0.3) is 11.8 Å². The molecule has 1 unspecified atom stereocenters. The van der Waals surface area contributed by atoms with Gasteiger partial charge in [0, 0.05) is 29.5 Å². The number of carbonyl (C=O) groups excluding carboxylic acids is 3. The predicted molar refractivity (Wildman–Crippen MR) is 163 cm³/mol.